The van der Waals surface area contributed by atoms with E-state index < -0.39 is 5.54 Å². The van der Waals surface area contributed by atoms with Crippen LogP contribution in [0.2, 0.25) is 0 Å². The van der Waals surface area contributed by atoms with Crippen LogP contribution in [-0.2, 0) is 16.8 Å². The Bertz CT molecular complexity index is 821. The second-order valence-corrected chi connectivity index (χ2v) is 5.93. The molecule has 8 nitrogen and oxygen atoms in total. The minimum Gasteiger partial charge on any atom is -0.497 e. The smallest absolute Gasteiger partial charge is 0.181 e. The lowest BCUT2D eigenvalue weighted by Gasteiger charge is -2.31. The number of nitrogens with zero attached hydrogens (tertiary/aromatic N) is 5. The quantitative estimate of drug-likeness (QED) is 0.663. The summed E-state index contributed by atoms with van der Waals surface area (Å²) in [5, 5.41) is 15.8. The first-order valence-corrected chi connectivity index (χ1v) is 8.25. The summed E-state index contributed by atoms with van der Waals surface area (Å²) in [6.45, 7) is 3.12. The fourth-order valence-corrected chi connectivity index (χ4v) is 2.80. The van der Waals surface area contributed by atoms with Crippen molar-refractivity contribution in [3.8, 4) is 5.75 Å². The van der Waals surface area contributed by atoms with Crippen LogP contribution in [0.1, 0.15) is 18.3 Å². The average molecular weight is 354 g/mol. The van der Waals surface area contributed by atoms with Crippen molar-refractivity contribution in [2.24, 2.45) is 0 Å². The van der Waals surface area contributed by atoms with Gasteiger partial charge >= 0.3 is 0 Å². The number of pyridine rings is 1. The molecule has 0 spiro atoms. The molecule has 136 valence electrons. The summed E-state index contributed by atoms with van der Waals surface area (Å²) in [6, 6.07) is 11.6. The van der Waals surface area contributed by atoms with E-state index in [1.165, 1.54) is 0 Å². The van der Waals surface area contributed by atoms with Crippen LogP contribution in [0.15, 0.2) is 48.8 Å². The first kappa shape index (κ1) is 17.8. The maximum absolute atomic E-state index is 5.23. The van der Waals surface area contributed by atoms with E-state index in [-0.39, 0.29) is 0 Å². The molecule has 0 radical (unpaired) electrons. The van der Waals surface area contributed by atoms with Crippen molar-refractivity contribution >= 4 is 5.69 Å². The van der Waals surface area contributed by atoms with Crippen LogP contribution < -0.4 is 10.1 Å². The Morgan fingerprint density at radius 3 is 2.46 bits per heavy atom. The van der Waals surface area contributed by atoms with E-state index in [0.29, 0.717) is 19.0 Å². The van der Waals surface area contributed by atoms with E-state index >= 15 is 0 Å². The van der Waals surface area contributed by atoms with Crippen LogP contribution in [-0.4, -0.2) is 46.0 Å². The molecule has 2 aromatic heterocycles. The van der Waals surface area contributed by atoms with E-state index in [1.807, 2.05) is 43.3 Å². The maximum Gasteiger partial charge on any atom is 0.181 e. The van der Waals surface area contributed by atoms with Gasteiger partial charge in [-0.1, -0.05) is 0 Å². The number of tetrazole rings is 1. The topological polar surface area (TPSA) is 87.0 Å². The number of rotatable bonds is 8. The van der Waals surface area contributed by atoms with Crippen LogP contribution >= 0.6 is 0 Å². The molecule has 0 amide bonds. The lowest BCUT2D eigenvalue weighted by atomic mass is 9.91. The van der Waals surface area contributed by atoms with Gasteiger partial charge in [0, 0.05) is 25.2 Å². The standard InChI is InChI=1S/C18H22N6O2/c1-18(14-8-10-19-11-9-14,17-21-22-23-24(17)12-13-25-2)20-15-4-6-16(26-3)7-5-15/h4-11,20H,12-13H2,1-3H3. The zero-order valence-corrected chi connectivity index (χ0v) is 15.1. The lowest BCUT2D eigenvalue weighted by Crippen LogP contribution is -2.37. The summed E-state index contributed by atoms with van der Waals surface area (Å²) in [5.74, 6) is 1.49. The highest BCUT2D eigenvalue weighted by molar-refractivity contribution is 5.52. The van der Waals surface area contributed by atoms with Crippen LogP contribution in [0.3, 0.4) is 0 Å². The number of hydrogen-bond acceptors (Lipinski definition) is 7. The zero-order chi connectivity index (χ0) is 18.4. The molecule has 1 atom stereocenters. The van der Waals surface area contributed by atoms with Crippen molar-refractivity contribution in [1.29, 1.82) is 0 Å². The third-order valence-electron chi connectivity index (χ3n) is 4.23. The van der Waals surface area contributed by atoms with E-state index in [2.05, 4.69) is 25.8 Å². The van der Waals surface area contributed by atoms with Gasteiger partial charge in [0.2, 0.25) is 0 Å². The molecule has 8 heteroatoms. The Balaban J connectivity index is 2.01. The van der Waals surface area contributed by atoms with Gasteiger partial charge in [-0.3, -0.25) is 4.98 Å². The normalized spacial score (nSPS) is 13.2. The molecule has 0 aliphatic heterocycles. The summed E-state index contributed by atoms with van der Waals surface area (Å²) in [4.78, 5) is 4.12. The highest BCUT2D eigenvalue weighted by Gasteiger charge is 2.35. The Kier molecular flexibility index (Phi) is 5.43. The van der Waals surface area contributed by atoms with E-state index in [0.717, 1.165) is 17.0 Å². The molecule has 2 heterocycles. The molecule has 26 heavy (non-hydrogen) atoms. The van der Waals surface area contributed by atoms with Crippen molar-refractivity contribution in [3.63, 3.8) is 0 Å². The van der Waals surface area contributed by atoms with Gasteiger partial charge in [0.05, 0.1) is 20.3 Å². The molecule has 1 N–H and O–H groups in total. The van der Waals surface area contributed by atoms with Gasteiger partial charge in [0.25, 0.3) is 0 Å². The number of methoxy groups -OCH3 is 2. The SMILES string of the molecule is COCCn1nnnc1C(C)(Nc1ccc(OC)cc1)c1ccncc1. The van der Waals surface area contributed by atoms with Gasteiger partial charge in [-0.2, -0.15) is 0 Å². The van der Waals surface area contributed by atoms with Crippen molar-refractivity contribution in [2.75, 3.05) is 26.1 Å². The number of aromatic nitrogens is 5. The van der Waals surface area contributed by atoms with E-state index in [9.17, 15) is 0 Å². The van der Waals surface area contributed by atoms with Gasteiger partial charge in [-0.05, 0) is 59.3 Å². The zero-order valence-electron chi connectivity index (χ0n) is 15.1. The number of nitrogens with one attached hydrogen (secondary N) is 1. The predicted molar refractivity (Wildman–Crippen MR) is 97.0 cm³/mol. The van der Waals surface area contributed by atoms with Gasteiger partial charge in [0.15, 0.2) is 5.82 Å². The largest absolute Gasteiger partial charge is 0.497 e. The summed E-state index contributed by atoms with van der Waals surface area (Å²) in [6.07, 6.45) is 3.51. The molecule has 0 aliphatic rings. The third-order valence-corrected chi connectivity index (χ3v) is 4.23. The van der Waals surface area contributed by atoms with E-state index in [4.69, 9.17) is 9.47 Å². The first-order chi connectivity index (χ1) is 12.7. The van der Waals surface area contributed by atoms with Crippen LogP contribution in [0.25, 0.3) is 0 Å². The minimum absolute atomic E-state index is 0.521. The fourth-order valence-electron chi connectivity index (χ4n) is 2.80. The van der Waals surface area contributed by atoms with Crippen molar-refractivity contribution in [2.45, 2.75) is 19.0 Å². The van der Waals surface area contributed by atoms with Crippen LogP contribution in [0.4, 0.5) is 5.69 Å². The molecule has 0 saturated carbocycles. The summed E-state index contributed by atoms with van der Waals surface area (Å²) in [7, 11) is 3.30. The van der Waals surface area contributed by atoms with Crippen molar-refractivity contribution in [3.05, 3.63) is 60.2 Å². The summed E-state index contributed by atoms with van der Waals surface area (Å²) >= 11 is 0. The molecule has 1 unspecified atom stereocenters. The fraction of sp³-hybridized carbons (Fsp3) is 0.333. The van der Waals surface area contributed by atoms with Gasteiger partial charge in [-0.25, -0.2) is 4.68 Å². The summed E-state index contributed by atoms with van der Waals surface area (Å²) in [5.41, 5.74) is 1.26. The first-order valence-electron chi connectivity index (χ1n) is 8.25. The summed E-state index contributed by atoms with van der Waals surface area (Å²) < 4.78 is 12.2. The molecule has 0 aliphatic carbocycles. The molecule has 3 rings (SSSR count). The highest BCUT2D eigenvalue weighted by Crippen LogP contribution is 2.32. The molecule has 0 fully saturated rings. The van der Waals surface area contributed by atoms with E-state index in [1.54, 1.807) is 31.3 Å². The maximum atomic E-state index is 5.23. The molecule has 3 aromatic rings. The highest BCUT2D eigenvalue weighted by atomic mass is 16.5. The Labute approximate surface area is 152 Å². The van der Waals surface area contributed by atoms with Gasteiger partial charge in [-0.15, -0.1) is 5.10 Å². The third kappa shape index (κ3) is 3.65. The average Bonchev–Trinajstić information content (AvgIpc) is 3.17. The minimum atomic E-state index is -0.658. The molecule has 1 aromatic carbocycles. The van der Waals surface area contributed by atoms with Gasteiger partial charge < -0.3 is 14.8 Å². The molecular formula is C18H22N6O2. The predicted octanol–water partition coefficient (Wildman–Crippen LogP) is 2.10. The van der Waals surface area contributed by atoms with Crippen molar-refractivity contribution in [1.82, 2.24) is 25.2 Å². The van der Waals surface area contributed by atoms with Crippen LogP contribution in [0, 0.1) is 0 Å². The monoisotopic (exact) mass is 354 g/mol. The van der Waals surface area contributed by atoms with Crippen molar-refractivity contribution < 1.29 is 9.47 Å². The Hall–Kier alpha value is -3.00. The second kappa shape index (κ2) is 7.92. The number of benzene rings is 1. The van der Waals surface area contributed by atoms with Gasteiger partial charge in [0.1, 0.15) is 11.3 Å². The second-order valence-electron chi connectivity index (χ2n) is 5.93. The molecule has 0 saturated heterocycles. The number of anilines is 1. The Morgan fingerprint density at radius 1 is 1.08 bits per heavy atom. The Morgan fingerprint density at radius 2 is 1.81 bits per heavy atom. The number of hydrogen-bond donors (Lipinski definition) is 1. The molecule has 0 bridgehead atoms. The lowest BCUT2D eigenvalue weighted by molar-refractivity contribution is 0.180. The molecular weight excluding hydrogens is 332 g/mol. The van der Waals surface area contributed by atoms with Crippen LogP contribution in [0.5, 0.6) is 5.75 Å². The number of ether oxygens (including phenoxy) is 2.